The smallest absolute Gasteiger partial charge is 0.335 e. The van der Waals surface area contributed by atoms with Crippen molar-refractivity contribution < 1.29 is 19.6 Å². The SMILES string of the molecule is CC1(c2ccccc2)CCN(C(=O)c2cc(C(=O)O)cc([N+](=O)[O-])c2)CC1. The van der Waals surface area contributed by atoms with Crippen LogP contribution in [-0.2, 0) is 5.41 Å². The molecule has 140 valence electrons. The fraction of sp³-hybridized carbons (Fsp3) is 0.300. The van der Waals surface area contributed by atoms with E-state index in [2.05, 4.69) is 19.1 Å². The molecule has 3 rings (SSSR count). The van der Waals surface area contributed by atoms with Gasteiger partial charge in [-0.1, -0.05) is 37.3 Å². The van der Waals surface area contributed by atoms with Crippen LogP contribution in [-0.4, -0.2) is 39.9 Å². The van der Waals surface area contributed by atoms with Crippen LogP contribution in [0.5, 0.6) is 0 Å². The van der Waals surface area contributed by atoms with Crippen molar-refractivity contribution in [3.05, 3.63) is 75.3 Å². The van der Waals surface area contributed by atoms with Gasteiger partial charge in [-0.05, 0) is 29.9 Å². The zero-order valence-electron chi connectivity index (χ0n) is 14.9. The van der Waals surface area contributed by atoms with Gasteiger partial charge < -0.3 is 10.0 Å². The Bertz CT molecular complexity index is 854. The number of aromatic carboxylic acids is 1. The van der Waals surface area contributed by atoms with E-state index in [1.54, 1.807) is 4.90 Å². The van der Waals surface area contributed by atoms with Gasteiger partial charge in [-0.2, -0.15) is 0 Å². The third kappa shape index (κ3) is 3.81. The van der Waals surface area contributed by atoms with E-state index in [9.17, 15) is 19.7 Å². The van der Waals surface area contributed by atoms with Gasteiger partial charge in [0.15, 0.2) is 0 Å². The standard InChI is InChI=1S/C20H20N2O5/c1-20(16-5-3-2-4-6-16)7-9-21(10-8-20)18(23)14-11-15(19(24)25)13-17(12-14)22(26)27/h2-6,11-13H,7-10H2,1H3,(H,24,25). The molecule has 1 fully saturated rings. The highest BCUT2D eigenvalue weighted by molar-refractivity contribution is 5.98. The number of non-ortho nitro benzene ring substituents is 1. The molecule has 1 heterocycles. The number of carbonyl (C=O) groups excluding carboxylic acids is 1. The van der Waals surface area contributed by atoms with Crippen molar-refractivity contribution in [2.24, 2.45) is 0 Å². The minimum atomic E-state index is -1.30. The molecular weight excluding hydrogens is 348 g/mol. The lowest BCUT2D eigenvalue weighted by Gasteiger charge is -2.40. The zero-order valence-corrected chi connectivity index (χ0v) is 14.9. The summed E-state index contributed by atoms with van der Waals surface area (Å²) in [5, 5.41) is 20.2. The summed E-state index contributed by atoms with van der Waals surface area (Å²) in [6.45, 7) is 3.19. The molecule has 0 aliphatic carbocycles. The van der Waals surface area contributed by atoms with E-state index in [4.69, 9.17) is 5.11 Å². The predicted octanol–water partition coefficient (Wildman–Crippen LogP) is 3.49. The Morgan fingerprint density at radius 2 is 1.67 bits per heavy atom. The first kappa shape index (κ1) is 18.6. The molecule has 0 saturated carbocycles. The van der Waals surface area contributed by atoms with E-state index in [-0.39, 0.29) is 22.4 Å². The Labute approximate surface area is 156 Å². The van der Waals surface area contributed by atoms with E-state index >= 15 is 0 Å². The second-order valence-electron chi connectivity index (χ2n) is 7.05. The molecule has 0 unspecified atom stereocenters. The number of hydrogen-bond acceptors (Lipinski definition) is 4. The van der Waals surface area contributed by atoms with Crippen LogP contribution >= 0.6 is 0 Å². The maximum Gasteiger partial charge on any atom is 0.335 e. The number of rotatable bonds is 4. The van der Waals surface area contributed by atoms with Crippen LogP contribution in [0.2, 0.25) is 0 Å². The topological polar surface area (TPSA) is 101 Å². The van der Waals surface area contributed by atoms with Gasteiger partial charge >= 0.3 is 5.97 Å². The van der Waals surface area contributed by atoms with Crippen molar-refractivity contribution in [1.29, 1.82) is 0 Å². The molecule has 1 saturated heterocycles. The van der Waals surface area contributed by atoms with E-state index in [1.807, 2.05) is 18.2 Å². The van der Waals surface area contributed by atoms with Gasteiger partial charge in [0, 0.05) is 30.8 Å². The number of carboxylic acid groups (broad SMARTS) is 1. The van der Waals surface area contributed by atoms with Gasteiger partial charge in [0.05, 0.1) is 10.5 Å². The molecule has 1 N–H and O–H groups in total. The Morgan fingerprint density at radius 3 is 2.22 bits per heavy atom. The Hall–Kier alpha value is -3.22. The molecule has 2 aromatic rings. The maximum absolute atomic E-state index is 12.8. The summed E-state index contributed by atoms with van der Waals surface area (Å²) in [5.41, 5.74) is 0.557. The molecule has 0 aromatic heterocycles. The Kier molecular flexibility index (Phi) is 4.94. The molecule has 7 nitrogen and oxygen atoms in total. The van der Waals surface area contributed by atoms with E-state index in [0.29, 0.717) is 13.1 Å². The highest BCUT2D eigenvalue weighted by Gasteiger charge is 2.34. The first-order valence-electron chi connectivity index (χ1n) is 8.68. The predicted molar refractivity (Wildman–Crippen MR) is 99.0 cm³/mol. The van der Waals surface area contributed by atoms with Gasteiger partial charge in [-0.25, -0.2) is 4.79 Å². The molecule has 0 spiro atoms. The van der Waals surface area contributed by atoms with E-state index in [1.165, 1.54) is 11.6 Å². The first-order chi connectivity index (χ1) is 12.8. The number of hydrogen-bond donors (Lipinski definition) is 1. The molecule has 0 radical (unpaired) electrons. The van der Waals surface area contributed by atoms with Crippen molar-refractivity contribution >= 4 is 17.6 Å². The fourth-order valence-corrected chi connectivity index (χ4v) is 3.48. The van der Waals surface area contributed by atoms with Crippen LogP contribution < -0.4 is 0 Å². The van der Waals surface area contributed by atoms with Crippen LogP contribution in [0.1, 0.15) is 46.0 Å². The van der Waals surface area contributed by atoms with Crippen LogP contribution in [0.3, 0.4) is 0 Å². The lowest BCUT2D eigenvalue weighted by Crippen LogP contribution is -2.44. The number of nitro benzene ring substituents is 1. The number of carbonyl (C=O) groups is 2. The number of nitrogens with zero attached hydrogens (tertiary/aromatic N) is 2. The summed E-state index contributed by atoms with van der Waals surface area (Å²) in [6.07, 6.45) is 1.53. The minimum Gasteiger partial charge on any atom is -0.478 e. The monoisotopic (exact) mass is 368 g/mol. The third-order valence-corrected chi connectivity index (χ3v) is 5.25. The van der Waals surface area contributed by atoms with Gasteiger partial charge in [0.1, 0.15) is 0 Å². The molecule has 1 aliphatic rings. The van der Waals surface area contributed by atoms with Gasteiger partial charge in [0.2, 0.25) is 0 Å². The summed E-state index contributed by atoms with van der Waals surface area (Å²) >= 11 is 0. The lowest BCUT2D eigenvalue weighted by molar-refractivity contribution is -0.384. The van der Waals surface area contributed by atoms with Crippen molar-refractivity contribution in [2.45, 2.75) is 25.2 Å². The average Bonchev–Trinajstić information content (AvgIpc) is 2.68. The summed E-state index contributed by atoms with van der Waals surface area (Å²) in [4.78, 5) is 36.0. The van der Waals surface area contributed by atoms with Gasteiger partial charge in [-0.3, -0.25) is 14.9 Å². The highest BCUT2D eigenvalue weighted by Crippen LogP contribution is 2.35. The molecule has 0 atom stereocenters. The highest BCUT2D eigenvalue weighted by atomic mass is 16.6. The van der Waals surface area contributed by atoms with Gasteiger partial charge in [0.25, 0.3) is 11.6 Å². The summed E-state index contributed by atoms with van der Waals surface area (Å²) in [6, 6.07) is 13.4. The first-order valence-corrected chi connectivity index (χ1v) is 8.68. The maximum atomic E-state index is 12.8. The normalized spacial score (nSPS) is 16.0. The van der Waals surface area contributed by atoms with Crippen LogP contribution in [0.4, 0.5) is 5.69 Å². The number of piperidine rings is 1. The lowest BCUT2D eigenvalue weighted by atomic mass is 9.74. The Morgan fingerprint density at radius 1 is 1.07 bits per heavy atom. The molecule has 2 aromatic carbocycles. The largest absolute Gasteiger partial charge is 0.478 e. The third-order valence-electron chi connectivity index (χ3n) is 5.25. The summed E-state index contributed by atoms with van der Waals surface area (Å²) in [5.74, 6) is -1.68. The Balaban J connectivity index is 1.80. The summed E-state index contributed by atoms with van der Waals surface area (Å²) < 4.78 is 0. The fourth-order valence-electron chi connectivity index (χ4n) is 3.48. The molecule has 1 aliphatic heterocycles. The molecule has 1 amide bonds. The van der Waals surface area contributed by atoms with Crippen LogP contribution in [0.15, 0.2) is 48.5 Å². The minimum absolute atomic E-state index is 0.0323. The molecule has 7 heteroatoms. The number of nitro groups is 1. The van der Waals surface area contributed by atoms with Crippen molar-refractivity contribution in [1.82, 2.24) is 4.90 Å². The van der Waals surface area contributed by atoms with Crippen LogP contribution in [0, 0.1) is 10.1 Å². The van der Waals surface area contributed by atoms with Crippen molar-refractivity contribution in [2.75, 3.05) is 13.1 Å². The molecule has 27 heavy (non-hydrogen) atoms. The summed E-state index contributed by atoms with van der Waals surface area (Å²) in [7, 11) is 0. The quantitative estimate of drug-likeness (QED) is 0.658. The van der Waals surface area contributed by atoms with E-state index in [0.717, 1.165) is 25.0 Å². The number of likely N-dealkylation sites (tertiary alicyclic amines) is 1. The van der Waals surface area contributed by atoms with Crippen molar-refractivity contribution in [3.63, 3.8) is 0 Å². The number of benzene rings is 2. The van der Waals surface area contributed by atoms with Crippen molar-refractivity contribution in [3.8, 4) is 0 Å². The second kappa shape index (κ2) is 7.19. The van der Waals surface area contributed by atoms with Gasteiger partial charge in [-0.15, -0.1) is 0 Å². The zero-order chi connectivity index (χ0) is 19.6. The second-order valence-corrected chi connectivity index (χ2v) is 7.05. The molecule has 0 bridgehead atoms. The van der Waals surface area contributed by atoms with E-state index < -0.39 is 16.6 Å². The average molecular weight is 368 g/mol. The number of amides is 1. The van der Waals surface area contributed by atoms with Crippen LogP contribution in [0.25, 0.3) is 0 Å². The number of carboxylic acids is 1. The molecular formula is C20H20N2O5.